The zero-order chi connectivity index (χ0) is 18.2. The summed E-state index contributed by atoms with van der Waals surface area (Å²) < 4.78 is 0. The van der Waals surface area contributed by atoms with Gasteiger partial charge in [0.1, 0.15) is 11.5 Å². The average molecular weight is 339 g/mol. The van der Waals surface area contributed by atoms with Crippen molar-refractivity contribution in [3.8, 4) is 0 Å². The Morgan fingerprint density at radius 2 is 2.20 bits per heavy atom. The Morgan fingerprint density at radius 3 is 2.80 bits per heavy atom. The van der Waals surface area contributed by atoms with Gasteiger partial charge in [0.2, 0.25) is 0 Å². The molecule has 0 radical (unpaired) electrons. The van der Waals surface area contributed by atoms with Crippen molar-refractivity contribution in [3.05, 3.63) is 42.2 Å². The van der Waals surface area contributed by atoms with E-state index in [-0.39, 0.29) is 6.04 Å². The Balaban J connectivity index is 2.33. The Morgan fingerprint density at radius 1 is 1.40 bits per heavy atom. The highest BCUT2D eigenvalue weighted by atomic mass is 15.2. The van der Waals surface area contributed by atoms with Crippen molar-refractivity contribution < 1.29 is 0 Å². The summed E-state index contributed by atoms with van der Waals surface area (Å²) in [5.41, 5.74) is 16.3. The van der Waals surface area contributed by atoms with Crippen molar-refractivity contribution >= 4 is 29.6 Å². The van der Waals surface area contributed by atoms with Crippen molar-refractivity contribution in [3.63, 3.8) is 0 Å². The van der Waals surface area contributed by atoms with Crippen molar-refractivity contribution in [2.24, 2.45) is 20.8 Å². The summed E-state index contributed by atoms with van der Waals surface area (Å²) in [6.07, 6.45) is 6.85. The summed E-state index contributed by atoms with van der Waals surface area (Å²) in [5.74, 6) is 0.383. The first kappa shape index (κ1) is 18.4. The lowest BCUT2D eigenvalue weighted by Gasteiger charge is -2.27. The van der Waals surface area contributed by atoms with Crippen LogP contribution in [0.25, 0.3) is 0 Å². The lowest BCUT2D eigenvalue weighted by atomic mass is 10.2. The molecule has 1 aliphatic rings. The molecule has 0 aliphatic carbocycles. The molecule has 1 heterocycles. The second kappa shape index (κ2) is 8.77. The molecule has 7 nitrogen and oxygen atoms in total. The summed E-state index contributed by atoms with van der Waals surface area (Å²) in [6, 6.07) is 5.61. The zero-order valence-corrected chi connectivity index (χ0v) is 14.7. The topological polar surface area (TPSA) is 102 Å². The highest BCUT2D eigenvalue weighted by molar-refractivity contribution is 5.98. The lowest BCUT2D eigenvalue weighted by molar-refractivity contribution is 0.391. The van der Waals surface area contributed by atoms with Gasteiger partial charge in [-0.2, -0.15) is 5.11 Å². The molecule has 7 heteroatoms. The molecule has 1 aliphatic heterocycles. The normalized spacial score (nSPS) is 15.4. The summed E-state index contributed by atoms with van der Waals surface area (Å²) in [7, 11) is 0. The predicted molar refractivity (Wildman–Crippen MR) is 104 cm³/mol. The van der Waals surface area contributed by atoms with E-state index < -0.39 is 0 Å². The van der Waals surface area contributed by atoms with Gasteiger partial charge in [-0.05, 0) is 45.2 Å². The number of nitrogens with two attached hydrogens (primary N) is 1. The van der Waals surface area contributed by atoms with Crippen molar-refractivity contribution in [2.75, 3.05) is 18.4 Å². The minimum Gasteiger partial charge on any atom is -0.382 e. The smallest absolute Gasteiger partial charge is 0.149 e. The minimum atomic E-state index is 0.220. The standard InChI is InChI=1S/C18H25N7/c1-13(2)22-16-11-14(7-8-15(16)24-20)23-18(19)17(12-21-3)25-9-5-4-6-10-25/h4-5,7-8,11-13,20,22H,3,6,9-10H2,1-2H3,(H2,19,23)/b17-12+,24-20?. The number of aliphatic imine (C=N–C) groups is 2. The van der Waals surface area contributed by atoms with Crippen LogP contribution in [0.15, 0.2) is 57.3 Å². The van der Waals surface area contributed by atoms with Gasteiger partial charge >= 0.3 is 0 Å². The monoisotopic (exact) mass is 339 g/mol. The van der Waals surface area contributed by atoms with Crippen LogP contribution in [-0.4, -0.2) is 36.6 Å². The molecule has 0 unspecified atom stereocenters. The molecule has 0 atom stereocenters. The highest BCUT2D eigenvalue weighted by Crippen LogP contribution is 2.30. The maximum atomic E-state index is 7.28. The van der Waals surface area contributed by atoms with Gasteiger partial charge < -0.3 is 16.0 Å². The quantitative estimate of drug-likeness (QED) is 0.303. The maximum Gasteiger partial charge on any atom is 0.149 e. The number of anilines is 1. The minimum absolute atomic E-state index is 0.220. The van der Waals surface area contributed by atoms with E-state index >= 15 is 0 Å². The maximum absolute atomic E-state index is 7.28. The molecule has 0 aromatic heterocycles. The summed E-state index contributed by atoms with van der Waals surface area (Å²) in [6.45, 7) is 9.22. The van der Waals surface area contributed by atoms with Crippen LogP contribution in [0.4, 0.5) is 17.1 Å². The van der Waals surface area contributed by atoms with Crippen LogP contribution >= 0.6 is 0 Å². The first-order chi connectivity index (χ1) is 12.0. The van der Waals surface area contributed by atoms with Crippen molar-refractivity contribution in [1.29, 1.82) is 5.53 Å². The number of hydrogen-bond acceptors (Lipinski definition) is 6. The number of nitrogens with zero attached hydrogens (tertiary/aromatic N) is 4. The Kier molecular flexibility index (Phi) is 6.45. The first-order valence-electron chi connectivity index (χ1n) is 8.23. The van der Waals surface area contributed by atoms with Crippen molar-refractivity contribution in [1.82, 2.24) is 4.90 Å². The molecule has 132 valence electrons. The van der Waals surface area contributed by atoms with Gasteiger partial charge in [0.15, 0.2) is 0 Å². The summed E-state index contributed by atoms with van der Waals surface area (Å²) >= 11 is 0. The third-order valence-electron chi connectivity index (χ3n) is 3.67. The van der Waals surface area contributed by atoms with Gasteiger partial charge in [0.25, 0.3) is 0 Å². The summed E-state index contributed by atoms with van der Waals surface area (Å²) in [5, 5.41) is 6.81. The van der Waals surface area contributed by atoms with Crippen LogP contribution in [0.3, 0.4) is 0 Å². The van der Waals surface area contributed by atoms with Gasteiger partial charge in [-0.3, -0.25) is 4.99 Å². The fourth-order valence-electron chi connectivity index (χ4n) is 2.57. The van der Waals surface area contributed by atoms with E-state index in [1.165, 1.54) is 0 Å². The van der Waals surface area contributed by atoms with Gasteiger partial charge in [-0.25, -0.2) is 10.5 Å². The second-order valence-electron chi connectivity index (χ2n) is 6.01. The molecule has 0 amide bonds. The predicted octanol–water partition coefficient (Wildman–Crippen LogP) is 3.96. The molecule has 0 fully saturated rings. The van der Waals surface area contributed by atoms with Crippen LogP contribution < -0.4 is 11.1 Å². The number of benzene rings is 1. The Hall–Kier alpha value is -2.96. The molecular formula is C18H25N7. The van der Waals surface area contributed by atoms with Gasteiger partial charge in [0.05, 0.1) is 23.3 Å². The molecule has 1 aromatic rings. The Labute approximate surface area is 148 Å². The third kappa shape index (κ3) is 5.00. The van der Waals surface area contributed by atoms with E-state index in [1.807, 2.05) is 19.9 Å². The first-order valence-corrected chi connectivity index (χ1v) is 8.23. The summed E-state index contributed by atoms with van der Waals surface area (Å²) in [4.78, 5) is 10.5. The largest absolute Gasteiger partial charge is 0.382 e. The molecule has 4 N–H and O–H groups in total. The van der Waals surface area contributed by atoms with Crippen LogP contribution in [0, 0.1) is 5.53 Å². The molecule has 25 heavy (non-hydrogen) atoms. The van der Waals surface area contributed by atoms with E-state index in [9.17, 15) is 0 Å². The van der Waals surface area contributed by atoms with E-state index in [4.69, 9.17) is 11.3 Å². The number of amidine groups is 1. The van der Waals surface area contributed by atoms with Gasteiger partial charge in [-0.15, -0.1) is 0 Å². The van der Waals surface area contributed by atoms with Crippen LogP contribution in [0.5, 0.6) is 0 Å². The molecule has 2 rings (SSSR count). The van der Waals surface area contributed by atoms with E-state index in [0.29, 0.717) is 17.2 Å². The molecule has 1 aromatic carbocycles. The number of hydrogen-bond donors (Lipinski definition) is 3. The SMILES string of the molecule is C=N/C=C(\C(N)=Nc1ccc(N=N)c(NC(C)C)c1)N1CC=CCC1. The van der Waals surface area contributed by atoms with Crippen molar-refractivity contribution in [2.45, 2.75) is 26.3 Å². The molecule has 0 saturated heterocycles. The average Bonchev–Trinajstić information content (AvgIpc) is 2.60. The Bertz CT molecular complexity index is 716. The lowest BCUT2D eigenvalue weighted by Crippen LogP contribution is -2.33. The van der Waals surface area contributed by atoms with Crippen LogP contribution in [0.2, 0.25) is 0 Å². The second-order valence-corrected chi connectivity index (χ2v) is 6.01. The highest BCUT2D eigenvalue weighted by Gasteiger charge is 2.14. The van der Waals surface area contributed by atoms with E-state index in [2.05, 4.69) is 44.2 Å². The van der Waals surface area contributed by atoms with Crippen LogP contribution in [0.1, 0.15) is 20.3 Å². The van der Waals surface area contributed by atoms with E-state index in [1.54, 1.807) is 18.3 Å². The van der Waals surface area contributed by atoms with Crippen LogP contribution in [-0.2, 0) is 0 Å². The van der Waals surface area contributed by atoms with Gasteiger partial charge in [0, 0.05) is 19.1 Å². The zero-order valence-electron chi connectivity index (χ0n) is 14.7. The van der Waals surface area contributed by atoms with E-state index in [0.717, 1.165) is 30.9 Å². The number of nitrogens with one attached hydrogen (secondary N) is 2. The fraction of sp³-hybridized carbons (Fsp3) is 0.333. The molecule has 0 saturated carbocycles. The molecule has 0 bridgehead atoms. The molecule has 0 spiro atoms. The molecular weight excluding hydrogens is 314 g/mol. The van der Waals surface area contributed by atoms with Gasteiger partial charge in [-0.1, -0.05) is 12.2 Å². The third-order valence-corrected chi connectivity index (χ3v) is 3.67. The fourth-order valence-corrected chi connectivity index (χ4v) is 2.57. The number of rotatable bonds is 7.